The van der Waals surface area contributed by atoms with E-state index in [2.05, 4.69) is 39.6 Å². The number of nitrogens with one attached hydrogen (secondary N) is 1. The molecule has 3 unspecified atom stereocenters. The van der Waals surface area contributed by atoms with Crippen molar-refractivity contribution >= 4 is 27.3 Å². The van der Waals surface area contributed by atoms with E-state index in [1.807, 2.05) is 7.05 Å². The average molecular weight is 290 g/mol. The molecule has 15 heavy (non-hydrogen) atoms. The summed E-state index contributed by atoms with van der Waals surface area (Å²) in [6.07, 6.45) is 3.05. The van der Waals surface area contributed by atoms with Crippen molar-refractivity contribution in [3.05, 3.63) is 20.8 Å². The van der Waals surface area contributed by atoms with Gasteiger partial charge in [-0.15, -0.1) is 11.3 Å². The van der Waals surface area contributed by atoms with Gasteiger partial charge in [0.25, 0.3) is 0 Å². The van der Waals surface area contributed by atoms with Crippen LogP contribution in [0.5, 0.6) is 0 Å². The molecule has 0 aliphatic carbocycles. The van der Waals surface area contributed by atoms with Gasteiger partial charge in [-0.1, -0.05) is 0 Å². The second-order valence-corrected chi connectivity index (χ2v) is 5.76. The Morgan fingerprint density at radius 1 is 1.60 bits per heavy atom. The maximum Gasteiger partial charge on any atom is 0.0782 e. The van der Waals surface area contributed by atoms with Crippen LogP contribution in [-0.4, -0.2) is 19.3 Å². The van der Waals surface area contributed by atoms with Gasteiger partial charge < -0.3 is 10.1 Å². The lowest BCUT2D eigenvalue weighted by Crippen LogP contribution is -2.29. The van der Waals surface area contributed by atoms with Gasteiger partial charge in [0.2, 0.25) is 0 Å². The molecule has 0 aromatic carbocycles. The zero-order valence-corrected chi connectivity index (χ0v) is 11.4. The summed E-state index contributed by atoms with van der Waals surface area (Å²) in [7, 11) is 2.00. The van der Waals surface area contributed by atoms with Crippen LogP contribution in [0.15, 0.2) is 15.9 Å². The summed E-state index contributed by atoms with van der Waals surface area (Å²) in [4.78, 5) is 1.34. The largest absolute Gasteiger partial charge is 0.373 e. The van der Waals surface area contributed by atoms with E-state index in [0.29, 0.717) is 18.2 Å². The molecule has 4 heteroatoms. The SMILES string of the molecule is CNC(c1sccc1Br)C1CCC(C)O1. The van der Waals surface area contributed by atoms with Crippen molar-refractivity contribution < 1.29 is 4.74 Å². The first-order chi connectivity index (χ1) is 7.22. The highest BCUT2D eigenvalue weighted by Crippen LogP contribution is 2.36. The molecule has 1 aliphatic heterocycles. The van der Waals surface area contributed by atoms with Gasteiger partial charge in [0.1, 0.15) is 0 Å². The first-order valence-electron chi connectivity index (χ1n) is 5.28. The van der Waals surface area contributed by atoms with Gasteiger partial charge in [-0.05, 0) is 54.2 Å². The van der Waals surface area contributed by atoms with Gasteiger partial charge in [0, 0.05) is 9.35 Å². The molecule has 1 saturated heterocycles. The van der Waals surface area contributed by atoms with Crippen LogP contribution in [0, 0.1) is 0 Å². The third-order valence-electron chi connectivity index (χ3n) is 2.87. The number of rotatable bonds is 3. The standard InChI is InChI=1S/C11H16BrNOS/c1-7-3-4-9(14-7)10(13-2)11-8(12)5-6-15-11/h5-7,9-10,13H,3-4H2,1-2H3. The smallest absolute Gasteiger partial charge is 0.0782 e. The van der Waals surface area contributed by atoms with Gasteiger partial charge in [-0.25, -0.2) is 0 Å². The number of hydrogen-bond donors (Lipinski definition) is 1. The Bertz CT molecular complexity index is 328. The summed E-state index contributed by atoms with van der Waals surface area (Å²) in [6.45, 7) is 2.15. The number of halogens is 1. The number of ether oxygens (including phenoxy) is 1. The normalized spacial score (nSPS) is 28.2. The third-order valence-corrected chi connectivity index (χ3v) is 4.83. The highest BCUT2D eigenvalue weighted by atomic mass is 79.9. The van der Waals surface area contributed by atoms with E-state index in [1.54, 1.807) is 11.3 Å². The van der Waals surface area contributed by atoms with Crippen LogP contribution in [-0.2, 0) is 4.74 Å². The number of thiophene rings is 1. The summed E-state index contributed by atoms with van der Waals surface area (Å²) in [5.74, 6) is 0. The molecule has 1 aromatic heterocycles. The highest BCUT2D eigenvalue weighted by Gasteiger charge is 2.31. The molecule has 1 fully saturated rings. The maximum absolute atomic E-state index is 5.92. The van der Waals surface area contributed by atoms with E-state index in [9.17, 15) is 0 Å². The average Bonchev–Trinajstić information content (AvgIpc) is 2.79. The molecule has 84 valence electrons. The third kappa shape index (κ3) is 2.44. The summed E-state index contributed by atoms with van der Waals surface area (Å²) in [5.41, 5.74) is 0. The molecule has 3 atom stereocenters. The van der Waals surface area contributed by atoms with E-state index in [-0.39, 0.29) is 0 Å². The van der Waals surface area contributed by atoms with E-state index in [0.717, 1.165) is 6.42 Å². The molecule has 1 aliphatic rings. The van der Waals surface area contributed by atoms with Crippen LogP contribution in [0.2, 0.25) is 0 Å². The molecule has 0 saturated carbocycles. The van der Waals surface area contributed by atoms with Crippen LogP contribution >= 0.6 is 27.3 Å². The lowest BCUT2D eigenvalue weighted by atomic mass is 10.1. The van der Waals surface area contributed by atoms with Gasteiger partial charge >= 0.3 is 0 Å². The second-order valence-electron chi connectivity index (χ2n) is 3.96. The van der Waals surface area contributed by atoms with E-state index in [1.165, 1.54) is 15.8 Å². The predicted octanol–water partition coefficient (Wildman–Crippen LogP) is 3.34. The van der Waals surface area contributed by atoms with E-state index < -0.39 is 0 Å². The van der Waals surface area contributed by atoms with Gasteiger partial charge in [0.05, 0.1) is 18.2 Å². The van der Waals surface area contributed by atoms with Gasteiger partial charge in [0.15, 0.2) is 0 Å². The molecule has 1 aromatic rings. The molecule has 1 N–H and O–H groups in total. The summed E-state index contributed by atoms with van der Waals surface area (Å²) in [6, 6.07) is 2.42. The van der Waals surface area contributed by atoms with Crippen LogP contribution in [0.3, 0.4) is 0 Å². The zero-order chi connectivity index (χ0) is 10.8. The van der Waals surface area contributed by atoms with Crippen molar-refractivity contribution in [3.63, 3.8) is 0 Å². The van der Waals surface area contributed by atoms with Crippen LogP contribution < -0.4 is 5.32 Å². The molecular formula is C11H16BrNOS. The van der Waals surface area contributed by atoms with Gasteiger partial charge in [-0.2, -0.15) is 0 Å². The minimum Gasteiger partial charge on any atom is -0.373 e. The quantitative estimate of drug-likeness (QED) is 0.922. The fourth-order valence-electron chi connectivity index (χ4n) is 2.09. The monoisotopic (exact) mass is 289 g/mol. The molecule has 2 nitrogen and oxygen atoms in total. The van der Waals surface area contributed by atoms with E-state index in [4.69, 9.17) is 4.74 Å². The highest BCUT2D eigenvalue weighted by molar-refractivity contribution is 9.10. The fourth-order valence-corrected chi connectivity index (χ4v) is 3.87. The van der Waals surface area contributed by atoms with Crippen LogP contribution in [0.1, 0.15) is 30.7 Å². The Morgan fingerprint density at radius 2 is 2.40 bits per heavy atom. The fraction of sp³-hybridized carbons (Fsp3) is 0.636. The molecule has 0 radical (unpaired) electrons. The Hall–Kier alpha value is 0.1000. The topological polar surface area (TPSA) is 21.3 Å². The lowest BCUT2D eigenvalue weighted by Gasteiger charge is -2.22. The van der Waals surface area contributed by atoms with Crippen molar-refractivity contribution in [2.75, 3.05) is 7.05 Å². The molecular weight excluding hydrogens is 274 g/mol. The van der Waals surface area contributed by atoms with E-state index >= 15 is 0 Å². The van der Waals surface area contributed by atoms with Crippen molar-refractivity contribution in [2.45, 2.75) is 38.0 Å². The molecule has 2 heterocycles. The summed E-state index contributed by atoms with van der Waals surface area (Å²) in [5, 5.41) is 5.48. The first kappa shape index (κ1) is 11.6. The zero-order valence-electron chi connectivity index (χ0n) is 9.00. The van der Waals surface area contributed by atoms with Crippen LogP contribution in [0.25, 0.3) is 0 Å². The predicted molar refractivity (Wildman–Crippen MR) is 67.4 cm³/mol. The molecule has 0 amide bonds. The number of hydrogen-bond acceptors (Lipinski definition) is 3. The minimum absolute atomic E-state index is 0.319. The Kier molecular flexibility index (Phi) is 3.83. The molecule has 2 rings (SSSR count). The lowest BCUT2D eigenvalue weighted by molar-refractivity contribution is 0.0339. The number of likely N-dealkylation sites (N-methyl/N-ethyl adjacent to an activating group) is 1. The molecule has 0 spiro atoms. The minimum atomic E-state index is 0.319. The van der Waals surface area contributed by atoms with Crippen molar-refractivity contribution in [1.82, 2.24) is 5.32 Å². The molecule has 0 bridgehead atoms. The Balaban J connectivity index is 2.14. The van der Waals surface area contributed by atoms with Crippen LogP contribution in [0.4, 0.5) is 0 Å². The van der Waals surface area contributed by atoms with Crippen molar-refractivity contribution in [2.24, 2.45) is 0 Å². The Morgan fingerprint density at radius 3 is 2.87 bits per heavy atom. The van der Waals surface area contributed by atoms with Crippen molar-refractivity contribution in [1.29, 1.82) is 0 Å². The maximum atomic E-state index is 5.92. The van der Waals surface area contributed by atoms with Crippen molar-refractivity contribution in [3.8, 4) is 0 Å². The summed E-state index contributed by atoms with van der Waals surface area (Å²) >= 11 is 5.37. The van der Waals surface area contributed by atoms with Gasteiger partial charge in [-0.3, -0.25) is 0 Å². The summed E-state index contributed by atoms with van der Waals surface area (Å²) < 4.78 is 7.11. The first-order valence-corrected chi connectivity index (χ1v) is 6.95. The second kappa shape index (κ2) is 4.95. The Labute approximate surface area is 103 Å².